The van der Waals surface area contributed by atoms with Crippen molar-refractivity contribution in [2.45, 2.75) is 39.0 Å². The number of aromatic amines is 1. The number of aromatic nitrogens is 3. The topological polar surface area (TPSA) is 97.7 Å². The zero-order valence-corrected chi connectivity index (χ0v) is 17.9. The summed E-state index contributed by atoms with van der Waals surface area (Å²) in [6, 6.07) is 15.7. The normalized spacial score (nSPS) is 14.3. The number of nitriles is 1. The number of piperidine rings is 1. The van der Waals surface area contributed by atoms with Crippen LogP contribution in [-0.2, 0) is 6.42 Å². The van der Waals surface area contributed by atoms with Crippen molar-refractivity contribution < 1.29 is 4.79 Å². The fourth-order valence-corrected chi connectivity index (χ4v) is 3.96. The van der Waals surface area contributed by atoms with Crippen molar-refractivity contribution in [2.75, 3.05) is 18.4 Å². The molecular weight excluding hydrogens is 388 g/mol. The van der Waals surface area contributed by atoms with Crippen LogP contribution in [0.4, 0.5) is 11.6 Å². The minimum Gasteiger partial charge on any atom is -0.339 e. The molecule has 1 aliphatic heterocycles. The Hall–Kier alpha value is -3.66. The van der Waals surface area contributed by atoms with Gasteiger partial charge in [0.2, 0.25) is 5.95 Å². The molecule has 1 saturated heterocycles. The first kappa shape index (κ1) is 20.6. The maximum absolute atomic E-state index is 13.1. The van der Waals surface area contributed by atoms with Crippen LogP contribution >= 0.6 is 0 Å². The first-order chi connectivity index (χ1) is 15.1. The number of likely N-dealkylation sites (tertiary alicyclic amines) is 1. The number of hydrogen-bond acceptors (Lipinski definition) is 5. The summed E-state index contributed by atoms with van der Waals surface area (Å²) >= 11 is 0. The van der Waals surface area contributed by atoms with Gasteiger partial charge in [-0.1, -0.05) is 25.1 Å². The van der Waals surface area contributed by atoms with Crippen LogP contribution in [0.5, 0.6) is 0 Å². The van der Waals surface area contributed by atoms with Crippen LogP contribution in [0.15, 0.2) is 42.5 Å². The van der Waals surface area contributed by atoms with Crippen LogP contribution < -0.4 is 5.32 Å². The number of rotatable bonds is 5. The Bertz CT molecular complexity index is 1100. The van der Waals surface area contributed by atoms with Gasteiger partial charge in [0.15, 0.2) is 5.82 Å². The second-order valence-electron chi connectivity index (χ2n) is 7.91. The SMILES string of the molecule is CCc1n[nH]c(Nc2cc(C(=O)N3CCC(c4ccc(C#N)cc4)CC3)ccc2C)n1. The van der Waals surface area contributed by atoms with Crippen molar-refractivity contribution in [1.82, 2.24) is 20.1 Å². The van der Waals surface area contributed by atoms with Crippen molar-refractivity contribution >= 4 is 17.5 Å². The smallest absolute Gasteiger partial charge is 0.253 e. The van der Waals surface area contributed by atoms with Crippen LogP contribution in [0.2, 0.25) is 0 Å². The average Bonchev–Trinajstić information content (AvgIpc) is 3.28. The lowest BCUT2D eigenvalue weighted by Gasteiger charge is -2.32. The maximum Gasteiger partial charge on any atom is 0.253 e. The number of hydrogen-bond donors (Lipinski definition) is 2. The van der Waals surface area contributed by atoms with Crippen molar-refractivity contribution in [3.8, 4) is 6.07 Å². The number of aryl methyl sites for hydroxylation is 2. The average molecular weight is 415 g/mol. The predicted octanol–water partition coefficient (Wildman–Crippen LogP) is 4.31. The summed E-state index contributed by atoms with van der Waals surface area (Å²) in [5.41, 5.74) is 4.46. The zero-order chi connectivity index (χ0) is 21.8. The van der Waals surface area contributed by atoms with E-state index in [0.29, 0.717) is 23.0 Å². The van der Waals surface area contributed by atoms with Gasteiger partial charge in [-0.25, -0.2) is 5.10 Å². The highest BCUT2D eigenvalue weighted by molar-refractivity contribution is 5.95. The molecule has 158 valence electrons. The summed E-state index contributed by atoms with van der Waals surface area (Å²) in [6.45, 7) is 5.45. The first-order valence-corrected chi connectivity index (χ1v) is 10.7. The standard InChI is InChI=1S/C24H26N6O/c1-3-22-27-24(29-28-22)26-21-14-20(7-4-16(21)2)23(31)30-12-10-19(11-13-30)18-8-5-17(15-25)6-9-18/h4-9,14,19H,3,10-13H2,1-2H3,(H2,26,27,28,29). The second kappa shape index (κ2) is 9.00. The van der Waals surface area contributed by atoms with E-state index in [-0.39, 0.29) is 5.91 Å². The Balaban J connectivity index is 1.42. The molecular formula is C24H26N6O. The van der Waals surface area contributed by atoms with E-state index in [1.165, 1.54) is 5.56 Å². The molecule has 0 radical (unpaired) electrons. The monoisotopic (exact) mass is 414 g/mol. The zero-order valence-electron chi connectivity index (χ0n) is 17.9. The van der Waals surface area contributed by atoms with E-state index in [1.54, 1.807) is 0 Å². The maximum atomic E-state index is 13.1. The Kier molecular flexibility index (Phi) is 5.99. The van der Waals surface area contributed by atoms with Gasteiger partial charge in [0, 0.05) is 30.8 Å². The minimum absolute atomic E-state index is 0.0492. The molecule has 1 amide bonds. The summed E-state index contributed by atoms with van der Waals surface area (Å²) < 4.78 is 0. The highest BCUT2D eigenvalue weighted by Gasteiger charge is 2.25. The number of anilines is 2. The number of nitrogens with zero attached hydrogens (tertiary/aromatic N) is 4. The predicted molar refractivity (Wildman–Crippen MR) is 119 cm³/mol. The quantitative estimate of drug-likeness (QED) is 0.648. The van der Waals surface area contributed by atoms with E-state index < -0.39 is 0 Å². The number of carbonyl (C=O) groups excluding carboxylic acids is 1. The molecule has 0 aliphatic carbocycles. The molecule has 31 heavy (non-hydrogen) atoms. The fourth-order valence-electron chi connectivity index (χ4n) is 3.96. The van der Waals surface area contributed by atoms with Crippen molar-refractivity contribution in [1.29, 1.82) is 5.26 Å². The van der Waals surface area contributed by atoms with Crippen LogP contribution in [0.25, 0.3) is 0 Å². The third-order valence-electron chi connectivity index (χ3n) is 5.88. The van der Waals surface area contributed by atoms with Gasteiger partial charge in [0.05, 0.1) is 11.6 Å². The minimum atomic E-state index is 0.0492. The summed E-state index contributed by atoms with van der Waals surface area (Å²) in [7, 11) is 0. The van der Waals surface area contributed by atoms with Gasteiger partial charge in [-0.05, 0) is 61.1 Å². The molecule has 2 N–H and O–H groups in total. The summed E-state index contributed by atoms with van der Waals surface area (Å²) in [5.74, 6) is 1.80. The molecule has 2 heterocycles. The van der Waals surface area contributed by atoms with Crippen molar-refractivity contribution in [2.24, 2.45) is 0 Å². The third-order valence-corrected chi connectivity index (χ3v) is 5.88. The van der Waals surface area contributed by atoms with Crippen LogP contribution in [-0.4, -0.2) is 39.1 Å². The van der Waals surface area contributed by atoms with E-state index in [4.69, 9.17) is 5.26 Å². The van der Waals surface area contributed by atoms with E-state index in [0.717, 1.165) is 49.4 Å². The van der Waals surface area contributed by atoms with Crippen molar-refractivity contribution in [3.05, 3.63) is 70.5 Å². The number of carbonyl (C=O) groups is 1. The number of nitrogens with one attached hydrogen (secondary N) is 2. The van der Waals surface area contributed by atoms with Crippen LogP contribution in [0.3, 0.4) is 0 Å². The largest absolute Gasteiger partial charge is 0.339 e. The Morgan fingerprint density at radius 3 is 2.61 bits per heavy atom. The van der Waals surface area contributed by atoms with Gasteiger partial charge in [0.25, 0.3) is 5.91 Å². The molecule has 0 spiro atoms. The molecule has 7 nitrogen and oxygen atoms in total. The summed E-state index contributed by atoms with van der Waals surface area (Å²) in [4.78, 5) is 19.4. The van der Waals surface area contributed by atoms with Crippen molar-refractivity contribution in [3.63, 3.8) is 0 Å². The molecule has 1 aromatic heterocycles. The molecule has 3 aromatic rings. The van der Waals surface area contributed by atoms with Gasteiger partial charge in [-0.3, -0.25) is 4.79 Å². The molecule has 4 rings (SSSR count). The molecule has 1 aliphatic rings. The van der Waals surface area contributed by atoms with Gasteiger partial charge < -0.3 is 10.2 Å². The Labute approximate surface area is 182 Å². The van der Waals surface area contributed by atoms with Crippen LogP contribution in [0, 0.1) is 18.3 Å². The number of amides is 1. The van der Waals surface area contributed by atoms with E-state index in [9.17, 15) is 4.79 Å². The number of benzene rings is 2. The lowest BCUT2D eigenvalue weighted by Crippen LogP contribution is -2.37. The van der Waals surface area contributed by atoms with E-state index in [1.807, 2.05) is 61.2 Å². The highest BCUT2D eigenvalue weighted by atomic mass is 16.2. The van der Waals surface area contributed by atoms with E-state index >= 15 is 0 Å². The van der Waals surface area contributed by atoms with Gasteiger partial charge in [-0.15, -0.1) is 0 Å². The lowest BCUT2D eigenvalue weighted by atomic mass is 9.89. The summed E-state index contributed by atoms with van der Waals surface area (Å²) in [5, 5.41) is 19.2. The Morgan fingerprint density at radius 2 is 1.97 bits per heavy atom. The summed E-state index contributed by atoms with van der Waals surface area (Å²) in [6.07, 6.45) is 2.60. The number of H-pyrrole nitrogens is 1. The second-order valence-corrected chi connectivity index (χ2v) is 7.91. The molecule has 2 aromatic carbocycles. The molecule has 0 bridgehead atoms. The third kappa shape index (κ3) is 4.58. The molecule has 1 fully saturated rings. The first-order valence-electron chi connectivity index (χ1n) is 10.7. The fraction of sp³-hybridized carbons (Fsp3) is 0.333. The molecule has 0 saturated carbocycles. The van der Waals surface area contributed by atoms with E-state index in [2.05, 4.69) is 26.6 Å². The van der Waals surface area contributed by atoms with Gasteiger partial charge in [0.1, 0.15) is 0 Å². The lowest BCUT2D eigenvalue weighted by molar-refractivity contribution is 0.0713. The molecule has 0 unspecified atom stereocenters. The van der Waals surface area contributed by atoms with Gasteiger partial charge in [-0.2, -0.15) is 15.3 Å². The molecule has 7 heteroatoms. The Morgan fingerprint density at radius 1 is 1.23 bits per heavy atom. The van der Waals surface area contributed by atoms with Crippen LogP contribution in [0.1, 0.15) is 58.6 Å². The highest BCUT2D eigenvalue weighted by Crippen LogP contribution is 2.29. The van der Waals surface area contributed by atoms with Gasteiger partial charge >= 0.3 is 0 Å². The molecule has 0 atom stereocenters.